The number of nitrogen functional groups attached to an aromatic ring is 1. The van der Waals surface area contributed by atoms with Crippen molar-refractivity contribution in [1.82, 2.24) is 4.98 Å². The molecule has 2 aromatic rings. The van der Waals surface area contributed by atoms with Crippen molar-refractivity contribution < 1.29 is 23.9 Å². The van der Waals surface area contributed by atoms with Gasteiger partial charge in [0.25, 0.3) is 11.8 Å². The van der Waals surface area contributed by atoms with E-state index in [0.29, 0.717) is 29.3 Å². The van der Waals surface area contributed by atoms with E-state index in [0.717, 1.165) is 0 Å². The lowest BCUT2D eigenvalue weighted by molar-refractivity contribution is -0.121. The van der Waals surface area contributed by atoms with Gasteiger partial charge in [0.15, 0.2) is 30.6 Å². The fraction of sp³-hybridized carbons (Fsp3) is 0.263. The highest BCUT2D eigenvalue weighted by Crippen LogP contribution is 2.34. The third-order valence-electron chi connectivity index (χ3n) is 4.61. The van der Waals surface area contributed by atoms with Gasteiger partial charge in [-0.2, -0.15) is 0 Å². The van der Waals surface area contributed by atoms with Crippen molar-refractivity contribution in [3.05, 3.63) is 35.9 Å². The van der Waals surface area contributed by atoms with Gasteiger partial charge in [0, 0.05) is 12.1 Å². The van der Waals surface area contributed by atoms with E-state index in [1.165, 1.54) is 4.90 Å². The molecule has 0 spiro atoms. The number of aromatic nitrogens is 1. The monoisotopic (exact) mass is 382 g/mol. The number of benzene rings is 1. The van der Waals surface area contributed by atoms with Crippen LogP contribution in [0.4, 0.5) is 17.3 Å². The number of rotatable bonds is 4. The molecule has 9 heteroatoms. The maximum Gasteiger partial charge on any atom is 0.266 e. The summed E-state index contributed by atoms with van der Waals surface area (Å²) in [6, 6.07) is 8.06. The molecule has 1 aromatic heterocycles. The number of hydrogen-bond acceptors (Lipinski definition) is 7. The first-order chi connectivity index (χ1) is 13.5. The average Bonchev–Trinajstić information content (AvgIpc) is 2.69. The predicted octanol–water partition coefficient (Wildman–Crippen LogP) is 1.02. The molecule has 28 heavy (non-hydrogen) atoms. The highest BCUT2D eigenvalue weighted by molar-refractivity contribution is 6.08. The van der Waals surface area contributed by atoms with E-state index in [2.05, 4.69) is 4.98 Å². The van der Waals surface area contributed by atoms with Gasteiger partial charge in [-0.25, -0.2) is 4.98 Å². The summed E-state index contributed by atoms with van der Waals surface area (Å²) in [5.41, 5.74) is 6.61. The zero-order valence-corrected chi connectivity index (χ0v) is 15.2. The van der Waals surface area contributed by atoms with Crippen molar-refractivity contribution in [2.45, 2.75) is 6.92 Å². The summed E-state index contributed by atoms with van der Waals surface area (Å²) < 4.78 is 10.8. The molecule has 0 unspecified atom stereocenters. The zero-order valence-electron chi connectivity index (χ0n) is 15.2. The maximum atomic E-state index is 12.9. The molecule has 1 aromatic carbocycles. The Labute approximate surface area is 160 Å². The molecule has 0 atom stereocenters. The lowest BCUT2D eigenvalue weighted by Crippen LogP contribution is -2.42. The fourth-order valence-electron chi connectivity index (χ4n) is 3.21. The normalized spacial score (nSPS) is 15.5. The first-order valence-corrected chi connectivity index (χ1v) is 8.78. The number of carbonyl (C=O) groups is 3. The van der Waals surface area contributed by atoms with Crippen LogP contribution >= 0.6 is 0 Å². The summed E-state index contributed by atoms with van der Waals surface area (Å²) in [4.78, 5) is 44.2. The Hall–Kier alpha value is -3.62. The molecular weight excluding hydrogens is 364 g/mol. The van der Waals surface area contributed by atoms with Crippen molar-refractivity contribution in [2.24, 2.45) is 0 Å². The van der Waals surface area contributed by atoms with Crippen LogP contribution in [0.5, 0.6) is 11.5 Å². The summed E-state index contributed by atoms with van der Waals surface area (Å²) in [7, 11) is 0. The van der Waals surface area contributed by atoms with Crippen molar-refractivity contribution in [1.29, 1.82) is 0 Å². The number of likely N-dealkylation sites (N-methyl/N-ethyl adjacent to an activating group) is 1. The third kappa shape index (κ3) is 3.00. The quantitative estimate of drug-likeness (QED) is 0.785. The van der Waals surface area contributed by atoms with Gasteiger partial charge in [0.2, 0.25) is 0 Å². The van der Waals surface area contributed by atoms with E-state index in [9.17, 15) is 14.4 Å². The molecule has 0 saturated carbocycles. The molecule has 2 amide bonds. The van der Waals surface area contributed by atoms with Crippen LogP contribution in [0.25, 0.3) is 0 Å². The second-order valence-corrected chi connectivity index (χ2v) is 6.36. The minimum atomic E-state index is -0.384. The fourth-order valence-corrected chi connectivity index (χ4v) is 3.21. The topological polar surface area (TPSA) is 115 Å². The number of nitrogens with zero attached hydrogens (tertiary/aromatic N) is 3. The van der Waals surface area contributed by atoms with Crippen LogP contribution in [0.1, 0.15) is 17.3 Å². The van der Waals surface area contributed by atoms with Gasteiger partial charge in [-0.1, -0.05) is 0 Å². The first-order valence-electron chi connectivity index (χ1n) is 8.78. The molecule has 4 rings (SSSR count). The van der Waals surface area contributed by atoms with Crippen LogP contribution in [-0.2, 0) is 9.59 Å². The molecular formula is C19H18N4O5. The highest BCUT2D eigenvalue weighted by Gasteiger charge is 2.30. The first kappa shape index (κ1) is 17.8. The van der Waals surface area contributed by atoms with E-state index in [4.69, 9.17) is 15.2 Å². The molecule has 2 aliphatic heterocycles. The summed E-state index contributed by atoms with van der Waals surface area (Å²) in [5.74, 6) is 0.515. The molecule has 9 nitrogen and oxygen atoms in total. The van der Waals surface area contributed by atoms with Gasteiger partial charge < -0.3 is 20.1 Å². The number of amides is 2. The lowest BCUT2D eigenvalue weighted by Gasteiger charge is -2.29. The van der Waals surface area contributed by atoms with Crippen LogP contribution in [0.3, 0.4) is 0 Å². The Bertz CT molecular complexity index is 990. The molecule has 0 aliphatic carbocycles. The predicted molar refractivity (Wildman–Crippen MR) is 101 cm³/mol. The van der Waals surface area contributed by atoms with Gasteiger partial charge in [-0.05, 0) is 37.3 Å². The van der Waals surface area contributed by atoms with E-state index in [1.807, 2.05) is 6.92 Å². The molecule has 3 heterocycles. The van der Waals surface area contributed by atoms with Crippen molar-refractivity contribution in [2.75, 3.05) is 41.8 Å². The van der Waals surface area contributed by atoms with Crippen molar-refractivity contribution in [3.8, 4) is 11.5 Å². The van der Waals surface area contributed by atoms with Gasteiger partial charge in [-0.3, -0.25) is 19.3 Å². The van der Waals surface area contributed by atoms with Crippen LogP contribution in [0.2, 0.25) is 0 Å². The number of Topliss-reactive ketones (excluding diaryl/α,β-unsaturated/α-hetero) is 1. The van der Waals surface area contributed by atoms with Crippen LogP contribution in [0, 0.1) is 0 Å². The van der Waals surface area contributed by atoms with Gasteiger partial charge in [0.05, 0.1) is 12.2 Å². The number of pyridine rings is 1. The minimum Gasteiger partial charge on any atom is -0.482 e. The van der Waals surface area contributed by atoms with Gasteiger partial charge >= 0.3 is 0 Å². The number of fused-ring (bicyclic) bond motifs is 2. The Morgan fingerprint density at radius 2 is 1.75 bits per heavy atom. The van der Waals surface area contributed by atoms with Crippen LogP contribution in [0.15, 0.2) is 30.3 Å². The lowest BCUT2D eigenvalue weighted by atomic mass is 10.1. The smallest absolute Gasteiger partial charge is 0.266 e. The van der Waals surface area contributed by atoms with Crippen LogP contribution < -0.4 is 25.0 Å². The number of anilines is 3. The summed E-state index contributed by atoms with van der Waals surface area (Å²) in [6.45, 7) is 1.89. The van der Waals surface area contributed by atoms with E-state index in [-0.39, 0.29) is 49.0 Å². The maximum absolute atomic E-state index is 12.9. The van der Waals surface area contributed by atoms with E-state index >= 15 is 0 Å². The SMILES string of the molecule is CCN1C(=O)COc2ccc(C(=O)CN3C(=O)COc4ccc(N)nc43)cc21. The van der Waals surface area contributed by atoms with Crippen molar-refractivity contribution in [3.63, 3.8) is 0 Å². The number of carbonyl (C=O) groups excluding carboxylic acids is 3. The highest BCUT2D eigenvalue weighted by atomic mass is 16.5. The summed E-state index contributed by atoms with van der Waals surface area (Å²) in [5, 5.41) is 0. The minimum absolute atomic E-state index is 0.0275. The molecule has 0 bridgehead atoms. The molecule has 144 valence electrons. The summed E-state index contributed by atoms with van der Waals surface area (Å²) in [6.07, 6.45) is 0. The number of ketones is 1. The molecule has 0 fully saturated rings. The Balaban J connectivity index is 1.63. The number of nitrogens with two attached hydrogens (primary N) is 1. The molecule has 0 saturated heterocycles. The van der Waals surface area contributed by atoms with Gasteiger partial charge in [-0.15, -0.1) is 0 Å². The molecule has 2 aliphatic rings. The largest absolute Gasteiger partial charge is 0.482 e. The molecule has 2 N–H and O–H groups in total. The zero-order chi connectivity index (χ0) is 19.8. The van der Waals surface area contributed by atoms with Crippen molar-refractivity contribution >= 4 is 34.9 Å². The molecule has 0 radical (unpaired) electrons. The Kier molecular flexibility index (Phi) is 4.34. The average molecular weight is 382 g/mol. The third-order valence-corrected chi connectivity index (χ3v) is 4.61. The standard InChI is InChI=1S/C19H18N4O5/c1-2-22-12-7-11(3-4-14(12)27-9-17(22)25)13(24)8-23-18(26)10-28-15-5-6-16(20)21-19(15)23/h3-7H,2,8-10H2,1H3,(H2,20,21). The number of hydrogen-bond donors (Lipinski definition) is 1. The Morgan fingerprint density at radius 1 is 1.07 bits per heavy atom. The number of ether oxygens (including phenoxy) is 2. The van der Waals surface area contributed by atoms with E-state index in [1.54, 1.807) is 35.2 Å². The van der Waals surface area contributed by atoms with Gasteiger partial charge in [0.1, 0.15) is 11.6 Å². The summed E-state index contributed by atoms with van der Waals surface area (Å²) >= 11 is 0. The second-order valence-electron chi connectivity index (χ2n) is 6.36. The second kappa shape index (κ2) is 6.84. The van der Waals surface area contributed by atoms with Crippen LogP contribution in [-0.4, -0.2) is 48.9 Å². The van der Waals surface area contributed by atoms with E-state index < -0.39 is 0 Å². The Morgan fingerprint density at radius 3 is 2.50 bits per heavy atom.